The highest BCUT2D eigenvalue weighted by Gasteiger charge is 2.57. The van der Waals surface area contributed by atoms with Gasteiger partial charge in [0, 0.05) is 24.2 Å². The highest BCUT2D eigenvalue weighted by atomic mass is 16.5. The Hall–Kier alpha value is -2.28. The number of nitrogens with zero attached hydrogens (tertiary/aromatic N) is 1. The molecule has 7 heteroatoms. The first kappa shape index (κ1) is 21.0. The minimum Gasteiger partial charge on any atom is -0.463 e. The second-order valence-corrected chi connectivity index (χ2v) is 7.71. The lowest BCUT2D eigenvalue weighted by Gasteiger charge is -2.43. The van der Waals surface area contributed by atoms with E-state index in [1.165, 1.54) is 13.1 Å². The van der Waals surface area contributed by atoms with E-state index in [1.54, 1.807) is 45.9 Å². The topological polar surface area (TPSA) is 103 Å². The molecule has 0 aliphatic heterocycles. The molecule has 1 aromatic heterocycles. The van der Waals surface area contributed by atoms with Crippen molar-refractivity contribution in [3.05, 3.63) is 30.1 Å². The molecule has 1 saturated carbocycles. The average molecular weight is 377 g/mol. The molecule has 7 nitrogen and oxygen atoms in total. The average Bonchev–Trinajstić information content (AvgIpc) is 2.52. The summed E-state index contributed by atoms with van der Waals surface area (Å²) in [6.07, 6.45) is 0.347. The molecule has 0 unspecified atom stereocenters. The van der Waals surface area contributed by atoms with Crippen LogP contribution in [0.5, 0.6) is 0 Å². The summed E-state index contributed by atoms with van der Waals surface area (Å²) in [5, 5.41) is 10.9. The number of ether oxygens (including phenoxy) is 2. The van der Waals surface area contributed by atoms with Gasteiger partial charge in [-0.25, -0.2) is 0 Å². The number of pyridine rings is 1. The van der Waals surface area contributed by atoms with E-state index in [-0.39, 0.29) is 6.42 Å². The number of esters is 2. The largest absolute Gasteiger partial charge is 0.463 e. The van der Waals surface area contributed by atoms with Crippen molar-refractivity contribution in [1.82, 2.24) is 4.98 Å². The number of rotatable bonds is 5. The van der Waals surface area contributed by atoms with Gasteiger partial charge in [-0.3, -0.25) is 19.4 Å². The molecule has 1 N–H and O–H groups in total. The van der Waals surface area contributed by atoms with E-state index in [0.717, 1.165) is 0 Å². The Morgan fingerprint density at radius 3 is 2.26 bits per heavy atom. The van der Waals surface area contributed by atoms with Crippen molar-refractivity contribution in [2.45, 2.75) is 64.8 Å². The molecule has 148 valence electrons. The van der Waals surface area contributed by atoms with Gasteiger partial charge >= 0.3 is 11.9 Å². The van der Waals surface area contributed by atoms with E-state index < -0.39 is 53.3 Å². The molecule has 0 bridgehead atoms. The van der Waals surface area contributed by atoms with Crippen molar-refractivity contribution >= 4 is 17.7 Å². The van der Waals surface area contributed by atoms with Crippen LogP contribution in [-0.4, -0.2) is 45.6 Å². The van der Waals surface area contributed by atoms with Crippen molar-refractivity contribution in [1.29, 1.82) is 0 Å². The van der Waals surface area contributed by atoms with E-state index >= 15 is 0 Å². The molecule has 1 fully saturated rings. The van der Waals surface area contributed by atoms with Crippen LogP contribution in [0.1, 0.15) is 52.7 Å². The zero-order chi connectivity index (χ0) is 20.4. The van der Waals surface area contributed by atoms with Crippen LogP contribution in [0.3, 0.4) is 0 Å². The van der Waals surface area contributed by atoms with Crippen LogP contribution in [0.15, 0.2) is 24.4 Å². The van der Waals surface area contributed by atoms with Crippen molar-refractivity contribution in [2.24, 2.45) is 11.8 Å². The number of carbonyl (C=O) groups excluding carboxylic acids is 3. The Morgan fingerprint density at radius 1 is 1.15 bits per heavy atom. The first-order valence-corrected chi connectivity index (χ1v) is 9.11. The Kier molecular flexibility index (Phi) is 6.36. The number of hydrogen-bond acceptors (Lipinski definition) is 7. The molecule has 4 atom stereocenters. The number of hydrogen-bond donors (Lipinski definition) is 1. The molecule has 1 aromatic rings. The number of ketones is 1. The molecule has 1 aliphatic rings. The second kappa shape index (κ2) is 8.17. The number of carbonyl (C=O) groups is 3. The van der Waals surface area contributed by atoms with Gasteiger partial charge in [-0.1, -0.05) is 6.07 Å². The maximum absolute atomic E-state index is 12.8. The van der Waals surface area contributed by atoms with Crippen molar-refractivity contribution in [2.75, 3.05) is 0 Å². The third-order valence-corrected chi connectivity index (χ3v) is 4.51. The molecule has 0 radical (unpaired) electrons. The minimum atomic E-state index is -1.67. The normalized spacial score (nSPS) is 28.3. The monoisotopic (exact) mass is 377 g/mol. The molecule has 0 aromatic carbocycles. The van der Waals surface area contributed by atoms with Crippen molar-refractivity contribution < 1.29 is 29.0 Å². The smallest absolute Gasteiger partial charge is 0.317 e. The predicted octanol–water partition coefficient (Wildman–Crippen LogP) is 2.02. The fourth-order valence-corrected chi connectivity index (χ4v) is 3.56. The van der Waals surface area contributed by atoms with Gasteiger partial charge in [0.05, 0.1) is 23.7 Å². The third kappa shape index (κ3) is 4.71. The lowest BCUT2D eigenvalue weighted by Crippen LogP contribution is -2.55. The minimum absolute atomic E-state index is 0.341. The summed E-state index contributed by atoms with van der Waals surface area (Å²) in [5.74, 6) is -5.19. The molecule has 0 saturated heterocycles. The first-order chi connectivity index (χ1) is 12.5. The summed E-state index contributed by atoms with van der Waals surface area (Å²) < 4.78 is 10.6. The highest BCUT2D eigenvalue weighted by Crippen LogP contribution is 2.46. The van der Waals surface area contributed by atoms with Crippen LogP contribution < -0.4 is 0 Å². The van der Waals surface area contributed by atoms with Crippen molar-refractivity contribution in [3.8, 4) is 0 Å². The lowest BCUT2D eigenvalue weighted by molar-refractivity contribution is -0.176. The molecule has 27 heavy (non-hydrogen) atoms. The Morgan fingerprint density at radius 2 is 1.74 bits per heavy atom. The third-order valence-electron chi connectivity index (χ3n) is 4.51. The summed E-state index contributed by atoms with van der Waals surface area (Å²) in [4.78, 5) is 42.5. The first-order valence-electron chi connectivity index (χ1n) is 9.11. The zero-order valence-corrected chi connectivity index (χ0v) is 16.3. The molecular weight excluding hydrogens is 350 g/mol. The van der Waals surface area contributed by atoms with Gasteiger partial charge in [-0.2, -0.15) is 0 Å². The van der Waals surface area contributed by atoms with Gasteiger partial charge in [-0.05, 0) is 46.8 Å². The maximum atomic E-state index is 12.8. The molecule has 0 amide bonds. The lowest BCUT2D eigenvalue weighted by atomic mass is 9.62. The fourth-order valence-electron chi connectivity index (χ4n) is 3.56. The van der Waals surface area contributed by atoms with Gasteiger partial charge in [0.15, 0.2) is 5.78 Å². The van der Waals surface area contributed by atoms with Crippen LogP contribution >= 0.6 is 0 Å². The van der Waals surface area contributed by atoms with Crippen LogP contribution in [0, 0.1) is 11.8 Å². The maximum Gasteiger partial charge on any atom is 0.317 e. The summed E-state index contributed by atoms with van der Waals surface area (Å²) in [7, 11) is 0. The van der Waals surface area contributed by atoms with Gasteiger partial charge in [0.1, 0.15) is 5.92 Å². The van der Waals surface area contributed by atoms with E-state index in [2.05, 4.69) is 4.98 Å². The Labute approximate surface area is 159 Å². The Balaban J connectivity index is 2.57. The zero-order valence-electron chi connectivity index (χ0n) is 16.3. The van der Waals surface area contributed by atoms with Gasteiger partial charge < -0.3 is 14.6 Å². The van der Waals surface area contributed by atoms with Crippen LogP contribution in [0.25, 0.3) is 0 Å². The molecule has 1 heterocycles. The van der Waals surface area contributed by atoms with E-state index in [1.807, 2.05) is 0 Å². The van der Waals surface area contributed by atoms with Gasteiger partial charge in [0.25, 0.3) is 0 Å². The number of aliphatic hydroxyl groups is 1. The van der Waals surface area contributed by atoms with Crippen LogP contribution in [-0.2, 0) is 23.9 Å². The Bertz CT molecular complexity index is 690. The van der Waals surface area contributed by atoms with E-state index in [0.29, 0.717) is 5.69 Å². The molecule has 1 aliphatic carbocycles. The predicted molar refractivity (Wildman–Crippen MR) is 96.7 cm³/mol. The summed E-state index contributed by atoms with van der Waals surface area (Å²) in [6, 6.07) is 5.02. The quantitative estimate of drug-likeness (QED) is 0.618. The second-order valence-electron chi connectivity index (χ2n) is 7.71. The number of aromatic nitrogens is 1. The number of Topliss-reactive ketones (excluding diaryl/α,β-unsaturated/α-hetero) is 1. The summed E-state index contributed by atoms with van der Waals surface area (Å²) in [6.45, 7) is 8.17. The van der Waals surface area contributed by atoms with E-state index in [4.69, 9.17) is 9.47 Å². The van der Waals surface area contributed by atoms with Gasteiger partial charge in [0.2, 0.25) is 0 Å². The molecule has 0 spiro atoms. The SMILES string of the molecule is CC(C)OC(=O)[C@H]1C(=O)C[C@](C)(O)[C@H](C(=O)OC(C)C)[C@@H]1c1ccccn1. The van der Waals surface area contributed by atoms with Crippen LogP contribution in [0.2, 0.25) is 0 Å². The van der Waals surface area contributed by atoms with E-state index in [9.17, 15) is 19.5 Å². The standard InChI is InChI=1S/C20H27NO6/c1-11(2)26-18(23)16-14(22)10-20(5,25)17(19(24)27-12(3)4)15(16)13-8-6-7-9-21-13/h6-9,11-12,15-17,25H,10H2,1-5H3/t15-,16+,17+,20+/m1/s1. The highest BCUT2D eigenvalue weighted by molar-refractivity contribution is 6.02. The van der Waals surface area contributed by atoms with Crippen molar-refractivity contribution in [3.63, 3.8) is 0 Å². The fraction of sp³-hybridized carbons (Fsp3) is 0.600. The van der Waals surface area contributed by atoms with Crippen LogP contribution in [0.4, 0.5) is 0 Å². The molecule has 2 rings (SSSR count). The van der Waals surface area contributed by atoms with Gasteiger partial charge in [-0.15, -0.1) is 0 Å². The molecular formula is C20H27NO6. The summed E-state index contributed by atoms with van der Waals surface area (Å²) >= 11 is 0. The summed E-state index contributed by atoms with van der Waals surface area (Å²) in [5.41, 5.74) is -1.30.